The third kappa shape index (κ3) is 3.93. The van der Waals surface area contributed by atoms with Gasteiger partial charge in [-0.1, -0.05) is 41.6 Å². The van der Waals surface area contributed by atoms with Gasteiger partial charge in [0.2, 0.25) is 15.8 Å². The summed E-state index contributed by atoms with van der Waals surface area (Å²) in [5.74, 6) is 0.589. The molecule has 0 saturated carbocycles. The molecule has 0 radical (unpaired) electrons. The van der Waals surface area contributed by atoms with Crippen molar-refractivity contribution in [3.05, 3.63) is 78.4 Å². The normalized spacial score (nSPS) is 11.7. The molecule has 0 saturated heterocycles. The Morgan fingerprint density at radius 3 is 2.58 bits per heavy atom. The van der Waals surface area contributed by atoms with Gasteiger partial charge in [0.25, 0.3) is 5.89 Å². The third-order valence-electron chi connectivity index (χ3n) is 4.70. The minimum absolute atomic E-state index is 0.115. The Kier molecular flexibility index (Phi) is 4.77. The molecule has 0 amide bonds. The molecule has 0 unspecified atom stereocenters. The summed E-state index contributed by atoms with van der Waals surface area (Å²) < 4.78 is 33.4. The summed E-state index contributed by atoms with van der Waals surface area (Å²) in [5.41, 5.74) is 3.50. The summed E-state index contributed by atoms with van der Waals surface area (Å²) in [4.78, 5) is 4.52. The summed E-state index contributed by atoms with van der Waals surface area (Å²) in [6.07, 6.45) is 0. The molecule has 2 aromatic heterocycles. The second kappa shape index (κ2) is 7.74. The van der Waals surface area contributed by atoms with Gasteiger partial charge in [0.1, 0.15) is 11.0 Å². The lowest BCUT2D eigenvalue weighted by atomic mass is 10.2. The maximum Gasteiger partial charge on any atom is 0.258 e. The highest BCUT2D eigenvalue weighted by Gasteiger charge is 2.17. The molecule has 154 valence electrons. The highest BCUT2D eigenvalue weighted by atomic mass is 32.2. The summed E-state index contributed by atoms with van der Waals surface area (Å²) in [6.45, 7) is 0.197. The fourth-order valence-electron chi connectivity index (χ4n) is 3.09. The van der Waals surface area contributed by atoms with Gasteiger partial charge in [-0.3, -0.25) is 0 Å². The molecule has 0 aliphatic carbocycles. The highest BCUT2D eigenvalue weighted by molar-refractivity contribution is 7.89. The molecule has 5 aromatic rings. The number of nitrogens with zero attached hydrogens (tertiary/aromatic N) is 4. The van der Waals surface area contributed by atoms with Crippen LogP contribution in [0.3, 0.4) is 0 Å². The van der Waals surface area contributed by atoms with Crippen molar-refractivity contribution in [3.63, 3.8) is 0 Å². The van der Waals surface area contributed by atoms with Gasteiger partial charge in [-0.05, 0) is 42.0 Å². The number of aromatic nitrogens is 5. The highest BCUT2D eigenvalue weighted by Crippen LogP contribution is 2.25. The zero-order valence-electron chi connectivity index (χ0n) is 16.1. The molecule has 0 aliphatic heterocycles. The molecule has 0 fully saturated rings. The Labute approximate surface area is 177 Å². The maximum absolute atomic E-state index is 12.7. The van der Waals surface area contributed by atoms with Crippen molar-refractivity contribution in [2.75, 3.05) is 0 Å². The van der Waals surface area contributed by atoms with Crippen molar-refractivity contribution < 1.29 is 12.9 Å². The number of hydrogen-bond donors (Lipinski definition) is 2. The van der Waals surface area contributed by atoms with Gasteiger partial charge in [0, 0.05) is 17.7 Å². The molecule has 0 bridgehead atoms. The zero-order chi connectivity index (χ0) is 21.3. The largest absolute Gasteiger partial charge is 0.334 e. The van der Waals surface area contributed by atoms with Gasteiger partial charge in [-0.15, -0.1) is 0 Å². The Bertz CT molecular complexity index is 1460. The van der Waals surface area contributed by atoms with Gasteiger partial charge < -0.3 is 4.52 Å². The molecule has 0 atom stereocenters. The molecule has 5 rings (SSSR count). The lowest BCUT2D eigenvalue weighted by Crippen LogP contribution is -2.23. The van der Waals surface area contributed by atoms with Gasteiger partial charge >= 0.3 is 0 Å². The zero-order valence-corrected chi connectivity index (χ0v) is 16.9. The van der Waals surface area contributed by atoms with E-state index in [2.05, 4.69) is 30.3 Å². The summed E-state index contributed by atoms with van der Waals surface area (Å²) >= 11 is 0. The molecule has 0 spiro atoms. The molecule has 10 heteroatoms. The minimum Gasteiger partial charge on any atom is -0.334 e. The van der Waals surface area contributed by atoms with E-state index < -0.39 is 10.0 Å². The predicted octanol–water partition coefficient (Wildman–Crippen LogP) is 3.15. The van der Waals surface area contributed by atoms with Gasteiger partial charge in [-0.25, -0.2) is 13.1 Å². The Morgan fingerprint density at radius 2 is 1.71 bits per heavy atom. The van der Waals surface area contributed by atoms with Crippen LogP contribution in [-0.2, 0) is 16.6 Å². The van der Waals surface area contributed by atoms with Crippen LogP contribution in [0.15, 0.2) is 82.2 Å². The van der Waals surface area contributed by atoms with Crippen LogP contribution >= 0.6 is 0 Å². The number of rotatable bonds is 6. The number of hydrogen-bond acceptors (Lipinski definition) is 7. The first kappa shape index (κ1) is 19.1. The molecule has 9 nitrogen and oxygen atoms in total. The van der Waals surface area contributed by atoms with Crippen LogP contribution < -0.4 is 4.72 Å². The van der Waals surface area contributed by atoms with Crippen molar-refractivity contribution in [3.8, 4) is 22.8 Å². The standard InChI is InChI=1S/C21H16N6O3S/c28-31(29,22-13-14-5-2-1-3-6-14)17-8-4-7-16(11-17)21-23-20(26-30-21)15-9-10-18-19(12-15)25-27-24-18/h1-12,22H,13H2,(H,24,25,27). The number of nitrogens with one attached hydrogen (secondary N) is 2. The van der Waals surface area contributed by atoms with Crippen LogP contribution in [0, 0.1) is 0 Å². The van der Waals surface area contributed by atoms with Crippen LogP contribution in [-0.4, -0.2) is 34.0 Å². The predicted molar refractivity (Wildman–Crippen MR) is 113 cm³/mol. The average molecular weight is 432 g/mol. The topological polar surface area (TPSA) is 127 Å². The first-order valence-electron chi connectivity index (χ1n) is 9.37. The lowest BCUT2D eigenvalue weighted by Gasteiger charge is -2.07. The van der Waals surface area contributed by atoms with E-state index >= 15 is 0 Å². The molecular weight excluding hydrogens is 416 g/mol. The molecule has 3 aromatic carbocycles. The van der Waals surface area contributed by atoms with Gasteiger partial charge in [-0.2, -0.15) is 20.4 Å². The first-order valence-corrected chi connectivity index (χ1v) is 10.9. The maximum atomic E-state index is 12.7. The number of fused-ring (bicyclic) bond motifs is 1. The number of H-pyrrole nitrogens is 1. The first-order chi connectivity index (χ1) is 15.1. The Morgan fingerprint density at radius 1 is 0.871 bits per heavy atom. The van der Waals surface area contributed by atoms with Crippen LogP contribution in [0.4, 0.5) is 0 Å². The van der Waals surface area contributed by atoms with E-state index in [4.69, 9.17) is 4.52 Å². The van der Waals surface area contributed by atoms with Crippen LogP contribution in [0.2, 0.25) is 0 Å². The molecule has 2 heterocycles. The van der Waals surface area contributed by atoms with E-state index in [0.717, 1.165) is 11.1 Å². The van der Waals surface area contributed by atoms with E-state index in [9.17, 15) is 8.42 Å². The van der Waals surface area contributed by atoms with Crippen LogP contribution in [0.25, 0.3) is 33.9 Å². The molecule has 31 heavy (non-hydrogen) atoms. The molecule has 0 aliphatic rings. The second-order valence-electron chi connectivity index (χ2n) is 6.79. The van der Waals surface area contributed by atoms with E-state index in [-0.39, 0.29) is 17.3 Å². The van der Waals surface area contributed by atoms with E-state index in [1.165, 1.54) is 12.1 Å². The Balaban J connectivity index is 1.40. The number of benzene rings is 3. The summed E-state index contributed by atoms with van der Waals surface area (Å²) in [7, 11) is -3.71. The van der Waals surface area contributed by atoms with Crippen LogP contribution in [0.5, 0.6) is 0 Å². The van der Waals surface area contributed by atoms with Crippen molar-refractivity contribution in [2.45, 2.75) is 11.4 Å². The number of sulfonamides is 1. The van der Waals surface area contributed by atoms with Crippen molar-refractivity contribution in [1.82, 2.24) is 30.3 Å². The van der Waals surface area contributed by atoms with Gasteiger partial charge in [0.05, 0.1) is 4.90 Å². The smallest absolute Gasteiger partial charge is 0.258 e. The van der Waals surface area contributed by atoms with Gasteiger partial charge in [0.15, 0.2) is 0 Å². The van der Waals surface area contributed by atoms with Crippen LogP contribution in [0.1, 0.15) is 5.56 Å². The fourth-order valence-corrected chi connectivity index (χ4v) is 4.15. The quantitative estimate of drug-likeness (QED) is 0.422. The van der Waals surface area contributed by atoms with Crippen molar-refractivity contribution >= 4 is 21.1 Å². The van der Waals surface area contributed by atoms with Crippen molar-refractivity contribution in [1.29, 1.82) is 0 Å². The van der Waals surface area contributed by atoms with Crippen molar-refractivity contribution in [2.24, 2.45) is 0 Å². The Hall–Kier alpha value is -3.89. The SMILES string of the molecule is O=S(=O)(NCc1ccccc1)c1cccc(-c2nc(-c3ccc4n[nH]nc4c3)no2)c1. The average Bonchev–Trinajstić information content (AvgIpc) is 3.48. The summed E-state index contributed by atoms with van der Waals surface area (Å²) in [5, 5.41) is 14.6. The lowest BCUT2D eigenvalue weighted by molar-refractivity contribution is 0.432. The van der Waals surface area contributed by atoms with E-state index in [0.29, 0.717) is 22.5 Å². The molecule has 2 N–H and O–H groups in total. The monoisotopic (exact) mass is 432 g/mol. The second-order valence-corrected chi connectivity index (χ2v) is 8.56. The fraction of sp³-hybridized carbons (Fsp3) is 0.0476. The third-order valence-corrected chi connectivity index (χ3v) is 6.10. The van der Waals surface area contributed by atoms with E-state index in [1.54, 1.807) is 24.3 Å². The minimum atomic E-state index is -3.71. The van der Waals surface area contributed by atoms with E-state index in [1.807, 2.05) is 36.4 Å². The molecular formula is C21H16N6O3S. The number of aromatic amines is 1. The summed E-state index contributed by atoms with van der Waals surface area (Å²) in [6, 6.07) is 21.1.